The van der Waals surface area contributed by atoms with E-state index in [9.17, 15) is 22.8 Å². The Morgan fingerprint density at radius 2 is 1.86 bits per heavy atom. The van der Waals surface area contributed by atoms with Gasteiger partial charge in [-0.3, -0.25) is 19.7 Å². The number of sulfonamides is 1. The molecule has 5 rings (SSSR count). The van der Waals surface area contributed by atoms with Crippen LogP contribution in [0.25, 0.3) is 0 Å². The number of anilines is 1. The van der Waals surface area contributed by atoms with Gasteiger partial charge in [0.05, 0.1) is 17.8 Å². The summed E-state index contributed by atoms with van der Waals surface area (Å²) in [4.78, 5) is 43.5. The lowest BCUT2D eigenvalue weighted by Gasteiger charge is -2.35. The molecular weight excluding hydrogens is 529 g/mol. The third kappa shape index (κ3) is 4.51. The number of aromatic nitrogens is 1. The van der Waals surface area contributed by atoms with E-state index in [2.05, 4.69) is 10.3 Å². The second-order valence-corrected chi connectivity index (χ2v) is 11.3. The first-order valence-corrected chi connectivity index (χ1v) is 13.3. The molecular formula is C23H23ClFN5O6S. The Morgan fingerprint density at radius 1 is 1.14 bits per heavy atom. The zero-order chi connectivity index (χ0) is 26.5. The molecule has 3 aliphatic heterocycles. The van der Waals surface area contributed by atoms with Crippen LogP contribution in [-0.4, -0.2) is 79.7 Å². The number of imide groups is 1. The van der Waals surface area contributed by atoms with Crippen LogP contribution in [0.3, 0.4) is 0 Å². The number of carbonyl (C=O) groups is 3. The molecule has 1 atom stereocenters. The van der Waals surface area contributed by atoms with E-state index < -0.39 is 33.7 Å². The number of carbonyl (C=O) groups excluding carboxylic acids is 3. The lowest BCUT2D eigenvalue weighted by molar-refractivity contribution is -0.136. The van der Waals surface area contributed by atoms with E-state index >= 15 is 4.39 Å². The topological polar surface area (TPSA) is 129 Å². The number of methoxy groups -OCH3 is 1. The number of nitrogens with one attached hydrogen (secondary N) is 1. The maximum atomic E-state index is 15.1. The quantitative estimate of drug-likeness (QED) is 0.548. The van der Waals surface area contributed by atoms with E-state index in [0.717, 1.165) is 6.07 Å². The summed E-state index contributed by atoms with van der Waals surface area (Å²) in [6, 6.07) is 3.21. The number of pyridine rings is 1. The zero-order valence-corrected chi connectivity index (χ0v) is 21.3. The number of nitrogens with zero attached hydrogens (tertiary/aromatic N) is 4. The van der Waals surface area contributed by atoms with Crippen molar-refractivity contribution in [3.05, 3.63) is 46.4 Å². The maximum absolute atomic E-state index is 15.1. The van der Waals surface area contributed by atoms with Gasteiger partial charge in [-0.05, 0) is 30.2 Å². The molecule has 3 amide bonds. The van der Waals surface area contributed by atoms with Gasteiger partial charge in [-0.25, -0.2) is 17.8 Å². The molecule has 1 aromatic carbocycles. The minimum Gasteiger partial charge on any atom is -0.480 e. The maximum Gasteiger partial charge on any atom is 0.255 e. The van der Waals surface area contributed by atoms with Crippen LogP contribution < -0.4 is 15.0 Å². The van der Waals surface area contributed by atoms with E-state index in [-0.39, 0.29) is 78.5 Å². The van der Waals surface area contributed by atoms with Crippen LogP contribution in [0, 0.1) is 5.82 Å². The highest BCUT2D eigenvalue weighted by atomic mass is 35.5. The SMILES string of the molecule is COc1ncc(Cl)cc1S(=O)(=O)N1CCN(c2cc3c(cc2F)C(=O)N(C2CCC(=O)NC2=O)C3)CC1. The fourth-order valence-electron chi connectivity index (χ4n) is 4.87. The number of piperazine rings is 1. The smallest absolute Gasteiger partial charge is 0.255 e. The summed E-state index contributed by atoms with van der Waals surface area (Å²) >= 11 is 5.95. The van der Waals surface area contributed by atoms with Crippen LogP contribution in [0.1, 0.15) is 28.8 Å². The molecule has 4 heterocycles. The van der Waals surface area contributed by atoms with Crippen molar-refractivity contribution in [3.63, 3.8) is 0 Å². The molecule has 2 fully saturated rings. The number of ether oxygens (including phenoxy) is 1. The van der Waals surface area contributed by atoms with Crippen molar-refractivity contribution in [2.45, 2.75) is 30.3 Å². The molecule has 0 bridgehead atoms. The number of rotatable bonds is 5. The minimum absolute atomic E-state index is 0.0678. The molecule has 0 spiro atoms. The molecule has 14 heteroatoms. The van der Waals surface area contributed by atoms with Gasteiger partial charge in [0, 0.05) is 50.9 Å². The number of benzene rings is 1. The molecule has 196 valence electrons. The van der Waals surface area contributed by atoms with E-state index in [0.29, 0.717) is 5.56 Å². The third-order valence-electron chi connectivity index (χ3n) is 6.77. The molecule has 1 aromatic heterocycles. The van der Waals surface area contributed by atoms with Gasteiger partial charge in [-0.15, -0.1) is 0 Å². The molecule has 37 heavy (non-hydrogen) atoms. The van der Waals surface area contributed by atoms with E-state index in [1.165, 1.54) is 28.6 Å². The Morgan fingerprint density at radius 3 is 2.54 bits per heavy atom. The van der Waals surface area contributed by atoms with Crippen LogP contribution in [-0.2, 0) is 26.2 Å². The van der Waals surface area contributed by atoms with Gasteiger partial charge < -0.3 is 14.5 Å². The van der Waals surface area contributed by atoms with Crippen molar-refractivity contribution in [3.8, 4) is 5.88 Å². The van der Waals surface area contributed by atoms with E-state index in [1.54, 1.807) is 11.0 Å². The molecule has 1 unspecified atom stereocenters. The highest BCUT2D eigenvalue weighted by molar-refractivity contribution is 7.89. The lowest BCUT2D eigenvalue weighted by Crippen LogP contribution is -2.52. The number of halogens is 2. The number of hydrogen-bond acceptors (Lipinski definition) is 8. The van der Waals surface area contributed by atoms with Crippen LogP contribution in [0.4, 0.5) is 10.1 Å². The molecule has 3 aliphatic rings. The van der Waals surface area contributed by atoms with Crippen LogP contribution in [0.2, 0.25) is 5.02 Å². The predicted octanol–water partition coefficient (Wildman–Crippen LogP) is 1.15. The lowest BCUT2D eigenvalue weighted by atomic mass is 10.0. The van der Waals surface area contributed by atoms with Gasteiger partial charge >= 0.3 is 0 Å². The minimum atomic E-state index is -3.96. The summed E-state index contributed by atoms with van der Waals surface area (Å²) in [5, 5.41) is 2.39. The van der Waals surface area contributed by atoms with Crippen LogP contribution in [0.15, 0.2) is 29.3 Å². The van der Waals surface area contributed by atoms with Gasteiger partial charge in [-0.2, -0.15) is 4.31 Å². The normalized spacial score (nSPS) is 20.7. The van der Waals surface area contributed by atoms with Crippen molar-refractivity contribution >= 4 is 45.0 Å². The largest absolute Gasteiger partial charge is 0.480 e. The molecule has 1 N–H and O–H groups in total. The van der Waals surface area contributed by atoms with Crippen molar-refractivity contribution in [2.24, 2.45) is 0 Å². The summed E-state index contributed by atoms with van der Waals surface area (Å²) < 4.78 is 47.9. The van der Waals surface area contributed by atoms with Gasteiger partial charge in [0.15, 0.2) is 0 Å². The summed E-state index contributed by atoms with van der Waals surface area (Å²) in [5.41, 5.74) is 0.985. The standard InChI is InChI=1S/C23H23ClFN5O6S/c1-36-22-19(9-14(24)11-26-22)37(34,35)29-6-4-28(5-7-29)18-8-13-12-30(23(33)15(13)10-16(18)25)17-2-3-20(31)27-21(17)32/h8-11,17H,2-7,12H2,1H3,(H,27,31,32). The van der Waals surface area contributed by atoms with Crippen molar-refractivity contribution in [1.29, 1.82) is 0 Å². The molecule has 0 aliphatic carbocycles. The Balaban J connectivity index is 1.32. The number of fused-ring (bicyclic) bond motifs is 1. The van der Waals surface area contributed by atoms with Gasteiger partial charge in [-0.1, -0.05) is 11.6 Å². The Bertz CT molecular complexity index is 1410. The third-order valence-corrected chi connectivity index (χ3v) is 8.87. The monoisotopic (exact) mass is 551 g/mol. The average molecular weight is 552 g/mol. The van der Waals surface area contributed by atoms with Crippen LogP contribution in [0.5, 0.6) is 5.88 Å². The highest BCUT2D eigenvalue weighted by Crippen LogP contribution is 2.34. The van der Waals surface area contributed by atoms with Crippen LogP contribution >= 0.6 is 11.6 Å². The van der Waals surface area contributed by atoms with Crippen molar-refractivity contribution in [1.82, 2.24) is 19.5 Å². The Kier molecular flexibility index (Phi) is 6.54. The first kappa shape index (κ1) is 25.4. The van der Waals surface area contributed by atoms with E-state index in [4.69, 9.17) is 16.3 Å². The summed E-state index contributed by atoms with van der Waals surface area (Å²) in [6.45, 7) is 0.682. The fourth-order valence-corrected chi connectivity index (χ4v) is 6.65. The van der Waals surface area contributed by atoms with Gasteiger partial charge in [0.1, 0.15) is 16.8 Å². The van der Waals surface area contributed by atoms with E-state index in [1.807, 2.05) is 0 Å². The molecule has 2 aromatic rings. The molecule has 0 radical (unpaired) electrons. The van der Waals surface area contributed by atoms with Crippen molar-refractivity contribution < 1.29 is 31.9 Å². The van der Waals surface area contributed by atoms with Crippen molar-refractivity contribution in [2.75, 3.05) is 38.2 Å². The number of amides is 3. The second-order valence-electron chi connectivity index (χ2n) is 8.91. The first-order valence-electron chi connectivity index (χ1n) is 11.5. The van der Waals surface area contributed by atoms with Gasteiger partial charge in [0.2, 0.25) is 27.7 Å². The predicted molar refractivity (Wildman–Crippen MR) is 129 cm³/mol. The summed E-state index contributed by atoms with van der Waals surface area (Å²) in [6.07, 6.45) is 1.63. The Labute approximate surface area is 217 Å². The number of piperidine rings is 1. The number of hydrogen-bond donors (Lipinski definition) is 1. The van der Waals surface area contributed by atoms with Gasteiger partial charge in [0.25, 0.3) is 5.91 Å². The molecule has 2 saturated heterocycles. The Hall–Kier alpha value is -3.29. The molecule has 11 nitrogen and oxygen atoms in total. The highest BCUT2D eigenvalue weighted by Gasteiger charge is 2.40. The summed E-state index contributed by atoms with van der Waals surface area (Å²) in [5.74, 6) is -2.07. The average Bonchev–Trinajstić information content (AvgIpc) is 3.18. The zero-order valence-electron chi connectivity index (χ0n) is 19.7. The molecule has 0 saturated carbocycles. The fraction of sp³-hybridized carbons (Fsp3) is 0.391. The second kappa shape index (κ2) is 9.54. The summed E-state index contributed by atoms with van der Waals surface area (Å²) in [7, 11) is -2.65. The first-order chi connectivity index (χ1) is 17.6.